The van der Waals surface area contributed by atoms with Gasteiger partial charge in [-0.3, -0.25) is 4.21 Å². The summed E-state index contributed by atoms with van der Waals surface area (Å²) in [5, 5.41) is 1.74. The summed E-state index contributed by atoms with van der Waals surface area (Å²) >= 11 is 0. The zero-order valence-corrected chi connectivity index (χ0v) is 11.0. The minimum atomic E-state index is -0.957. The van der Waals surface area contributed by atoms with Crippen molar-refractivity contribution in [3.8, 4) is 5.75 Å². The van der Waals surface area contributed by atoms with Crippen molar-refractivity contribution < 1.29 is 8.95 Å². The van der Waals surface area contributed by atoms with Crippen molar-refractivity contribution in [1.82, 2.24) is 0 Å². The molecule has 0 aliphatic heterocycles. The Hall–Kier alpha value is -1.09. The third kappa shape index (κ3) is 3.81. The van der Waals surface area contributed by atoms with Crippen LogP contribution >= 0.6 is 0 Å². The molecule has 0 amide bonds. The molecule has 0 heterocycles. The van der Waals surface area contributed by atoms with Gasteiger partial charge in [0.15, 0.2) is 0 Å². The summed E-state index contributed by atoms with van der Waals surface area (Å²) in [6.07, 6.45) is 1.88. The van der Waals surface area contributed by atoms with E-state index in [9.17, 15) is 4.21 Å². The van der Waals surface area contributed by atoms with Crippen molar-refractivity contribution in [2.75, 3.05) is 7.11 Å². The maximum atomic E-state index is 11.8. The van der Waals surface area contributed by atoms with E-state index >= 15 is 0 Å². The predicted molar refractivity (Wildman–Crippen MR) is 69.9 cm³/mol. The lowest BCUT2D eigenvalue weighted by Crippen LogP contribution is -2.19. The Morgan fingerprint density at radius 3 is 2.19 bits per heavy atom. The van der Waals surface area contributed by atoms with Crippen molar-refractivity contribution in [3.05, 3.63) is 35.2 Å². The quantitative estimate of drug-likeness (QED) is 0.808. The van der Waals surface area contributed by atoms with Crippen molar-refractivity contribution >= 4 is 16.9 Å². The molecule has 0 N–H and O–H groups in total. The lowest BCUT2D eigenvalue weighted by molar-refractivity contribution is 0.415. The zero-order chi connectivity index (χ0) is 12.2. The molecule has 16 heavy (non-hydrogen) atoms. The smallest absolute Gasteiger partial charge is 0.118 e. The molecule has 0 aliphatic carbocycles. The van der Waals surface area contributed by atoms with Crippen molar-refractivity contribution in [2.24, 2.45) is 0 Å². The Kier molecular flexibility index (Phi) is 4.30. The third-order valence-electron chi connectivity index (χ3n) is 2.10. The first-order chi connectivity index (χ1) is 7.43. The molecule has 0 aliphatic rings. The van der Waals surface area contributed by atoms with Crippen LogP contribution in [0, 0.1) is 0 Å². The topological polar surface area (TPSA) is 26.3 Å². The predicted octanol–water partition coefficient (Wildman–Crippen LogP) is 3.21. The van der Waals surface area contributed by atoms with E-state index in [1.54, 1.807) is 12.5 Å². The SMILES string of the molecule is COc1ccc(/C=C/S(=O)C(C)(C)C)cc1. The van der Waals surface area contributed by atoms with Crippen LogP contribution in [0.4, 0.5) is 0 Å². The summed E-state index contributed by atoms with van der Waals surface area (Å²) < 4.78 is 16.6. The number of rotatable bonds is 3. The highest BCUT2D eigenvalue weighted by Crippen LogP contribution is 2.16. The van der Waals surface area contributed by atoms with Gasteiger partial charge in [0.2, 0.25) is 0 Å². The average Bonchev–Trinajstić information content (AvgIpc) is 2.25. The van der Waals surface area contributed by atoms with Crippen LogP contribution in [0.5, 0.6) is 5.75 Å². The Labute approximate surface area is 99.8 Å². The summed E-state index contributed by atoms with van der Waals surface area (Å²) in [4.78, 5) is 0. The Morgan fingerprint density at radius 2 is 1.75 bits per heavy atom. The molecule has 2 nitrogen and oxygen atoms in total. The molecule has 1 rings (SSSR count). The molecular formula is C13H18O2S. The van der Waals surface area contributed by atoms with Gasteiger partial charge in [0, 0.05) is 10.2 Å². The van der Waals surface area contributed by atoms with E-state index < -0.39 is 10.8 Å². The molecule has 1 aromatic carbocycles. The highest BCUT2D eigenvalue weighted by atomic mass is 32.2. The van der Waals surface area contributed by atoms with Gasteiger partial charge in [-0.1, -0.05) is 12.1 Å². The number of hydrogen-bond donors (Lipinski definition) is 0. The first kappa shape index (κ1) is 13.0. The number of hydrogen-bond acceptors (Lipinski definition) is 2. The second-order valence-electron chi connectivity index (χ2n) is 4.49. The van der Waals surface area contributed by atoms with Crippen LogP contribution in [0.1, 0.15) is 26.3 Å². The fourth-order valence-electron chi connectivity index (χ4n) is 1.06. The molecule has 0 fully saturated rings. The molecule has 0 radical (unpaired) electrons. The second-order valence-corrected chi connectivity index (χ2v) is 6.58. The van der Waals surface area contributed by atoms with E-state index in [2.05, 4.69) is 0 Å². The van der Waals surface area contributed by atoms with E-state index in [1.807, 2.05) is 51.1 Å². The summed E-state index contributed by atoms with van der Waals surface area (Å²) in [6.45, 7) is 5.88. The minimum Gasteiger partial charge on any atom is -0.497 e. The van der Waals surface area contributed by atoms with Gasteiger partial charge in [-0.05, 0) is 44.5 Å². The average molecular weight is 238 g/mol. The largest absolute Gasteiger partial charge is 0.497 e. The molecule has 1 unspecified atom stereocenters. The van der Waals surface area contributed by atoms with E-state index in [0.29, 0.717) is 0 Å². The minimum absolute atomic E-state index is 0.205. The number of methoxy groups -OCH3 is 1. The fraction of sp³-hybridized carbons (Fsp3) is 0.385. The first-order valence-electron chi connectivity index (χ1n) is 5.16. The van der Waals surface area contributed by atoms with E-state index in [-0.39, 0.29) is 4.75 Å². The van der Waals surface area contributed by atoms with Gasteiger partial charge in [0.1, 0.15) is 5.75 Å². The van der Waals surface area contributed by atoms with Crippen molar-refractivity contribution in [2.45, 2.75) is 25.5 Å². The van der Waals surface area contributed by atoms with Crippen molar-refractivity contribution in [3.63, 3.8) is 0 Å². The number of benzene rings is 1. The van der Waals surface area contributed by atoms with Gasteiger partial charge in [-0.15, -0.1) is 0 Å². The normalized spacial score (nSPS) is 14.0. The van der Waals surface area contributed by atoms with Crippen LogP contribution in [-0.2, 0) is 10.8 Å². The van der Waals surface area contributed by atoms with Gasteiger partial charge >= 0.3 is 0 Å². The molecule has 3 heteroatoms. The van der Waals surface area contributed by atoms with Gasteiger partial charge in [0.25, 0.3) is 0 Å². The van der Waals surface area contributed by atoms with Crippen LogP contribution in [0.15, 0.2) is 29.7 Å². The van der Waals surface area contributed by atoms with Crippen LogP contribution in [0.3, 0.4) is 0 Å². The molecule has 0 bridgehead atoms. The lowest BCUT2D eigenvalue weighted by atomic mass is 10.2. The molecule has 1 atom stereocenters. The first-order valence-corrected chi connectivity index (χ1v) is 6.38. The standard InChI is InChI=1S/C13H18O2S/c1-13(2,3)16(14)10-9-11-5-7-12(15-4)8-6-11/h5-10H,1-4H3/b10-9+. The van der Waals surface area contributed by atoms with E-state index in [1.165, 1.54) is 0 Å². The summed E-state index contributed by atoms with van der Waals surface area (Å²) in [5.74, 6) is 0.828. The highest BCUT2D eigenvalue weighted by molar-refractivity contribution is 7.89. The summed E-state index contributed by atoms with van der Waals surface area (Å²) in [5.41, 5.74) is 1.03. The van der Waals surface area contributed by atoms with E-state index in [4.69, 9.17) is 4.74 Å². The molecule has 0 saturated carbocycles. The highest BCUT2D eigenvalue weighted by Gasteiger charge is 2.16. The van der Waals surface area contributed by atoms with Crippen LogP contribution in [-0.4, -0.2) is 16.1 Å². The van der Waals surface area contributed by atoms with Gasteiger partial charge < -0.3 is 4.74 Å². The molecular weight excluding hydrogens is 220 g/mol. The maximum Gasteiger partial charge on any atom is 0.118 e. The summed E-state index contributed by atoms with van der Waals surface area (Å²) in [7, 11) is 0.682. The van der Waals surface area contributed by atoms with E-state index in [0.717, 1.165) is 11.3 Å². The van der Waals surface area contributed by atoms with Crippen LogP contribution in [0.2, 0.25) is 0 Å². The molecule has 88 valence electrons. The van der Waals surface area contributed by atoms with Gasteiger partial charge in [0.05, 0.1) is 17.9 Å². The maximum absolute atomic E-state index is 11.8. The van der Waals surface area contributed by atoms with Crippen LogP contribution < -0.4 is 4.74 Å². The monoisotopic (exact) mass is 238 g/mol. The Morgan fingerprint density at radius 1 is 1.19 bits per heavy atom. The molecule has 1 aromatic rings. The molecule has 0 spiro atoms. The van der Waals surface area contributed by atoms with Crippen molar-refractivity contribution in [1.29, 1.82) is 0 Å². The Bertz CT molecular complexity index is 385. The zero-order valence-electron chi connectivity index (χ0n) is 10.2. The Balaban J connectivity index is 2.73. The molecule has 0 aromatic heterocycles. The number of ether oxygens (including phenoxy) is 1. The van der Waals surface area contributed by atoms with Crippen LogP contribution in [0.25, 0.3) is 6.08 Å². The fourth-order valence-corrected chi connectivity index (χ4v) is 1.75. The third-order valence-corrected chi connectivity index (χ3v) is 3.69. The molecule has 0 saturated heterocycles. The summed E-state index contributed by atoms with van der Waals surface area (Å²) in [6, 6.07) is 7.66. The second kappa shape index (κ2) is 5.30. The lowest BCUT2D eigenvalue weighted by Gasteiger charge is -2.13. The van der Waals surface area contributed by atoms with Gasteiger partial charge in [-0.2, -0.15) is 0 Å². The van der Waals surface area contributed by atoms with Gasteiger partial charge in [-0.25, -0.2) is 0 Å².